The van der Waals surface area contributed by atoms with Gasteiger partial charge in [0, 0.05) is 24.4 Å². The Morgan fingerprint density at radius 3 is 2.67 bits per heavy atom. The first-order valence-electron chi connectivity index (χ1n) is 5.74. The smallest absolute Gasteiger partial charge is 0.127 e. The molecule has 2 rings (SSSR count). The van der Waals surface area contributed by atoms with E-state index in [4.69, 9.17) is 15.2 Å². The standard InChI is InChI=1S/C14H16N2O2/c1-17-8-9-18-13-5-3-2-4-12(13)11-6-7-14(15)16-10-11/h2-7,10H,8-9H2,1H3,(H2,15,16). The molecular formula is C14H16N2O2. The third-order valence-electron chi connectivity index (χ3n) is 2.53. The summed E-state index contributed by atoms with van der Waals surface area (Å²) in [4.78, 5) is 4.09. The number of rotatable bonds is 5. The molecule has 94 valence electrons. The minimum Gasteiger partial charge on any atom is -0.491 e. The predicted octanol–water partition coefficient (Wildman–Crippen LogP) is 2.36. The Balaban J connectivity index is 2.23. The first kappa shape index (κ1) is 12.4. The van der Waals surface area contributed by atoms with E-state index in [2.05, 4.69) is 4.98 Å². The molecule has 0 unspecified atom stereocenters. The average molecular weight is 244 g/mol. The molecule has 4 heteroatoms. The molecule has 2 N–H and O–H groups in total. The summed E-state index contributed by atoms with van der Waals surface area (Å²) < 4.78 is 10.6. The number of nitrogens with zero attached hydrogens (tertiary/aromatic N) is 1. The van der Waals surface area contributed by atoms with E-state index in [1.807, 2.05) is 30.3 Å². The SMILES string of the molecule is COCCOc1ccccc1-c1ccc(N)nc1. The van der Waals surface area contributed by atoms with Crippen LogP contribution in [0.4, 0.5) is 5.82 Å². The maximum atomic E-state index is 5.68. The molecule has 2 aromatic rings. The second-order valence-corrected chi connectivity index (χ2v) is 3.81. The highest BCUT2D eigenvalue weighted by Gasteiger charge is 2.05. The number of benzene rings is 1. The molecule has 0 saturated carbocycles. The lowest BCUT2D eigenvalue weighted by Crippen LogP contribution is -2.05. The van der Waals surface area contributed by atoms with Crippen molar-refractivity contribution in [3.8, 4) is 16.9 Å². The van der Waals surface area contributed by atoms with Crippen molar-refractivity contribution >= 4 is 5.82 Å². The Morgan fingerprint density at radius 2 is 1.94 bits per heavy atom. The number of pyridine rings is 1. The number of nitrogen functional groups attached to an aromatic ring is 1. The van der Waals surface area contributed by atoms with Crippen molar-refractivity contribution in [2.45, 2.75) is 0 Å². The fraction of sp³-hybridized carbons (Fsp3) is 0.214. The zero-order valence-corrected chi connectivity index (χ0v) is 10.3. The van der Waals surface area contributed by atoms with Gasteiger partial charge in [0.15, 0.2) is 0 Å². The van der Waals surface area contributed by atoms with Crippen LogP contribution in [0.25, 0.3) is 11.1 Å². The molecule has 0 aliphatic rings. The molecule has 0 fully saturated rings. The summed E-state index contributed by atoms with van der Waals surface area (Å²) in [5.74, 6) is 1.33. The number of hydrogen-bond acceptors (Lipinski definition) is 4. The Bertz CT molecular complexity index is 497. The largest absolute Gasteiger partial charge is 0.491 e. The summed E-state index contributed by atoms with van der Waals surface area (Å²) in [5.41, 5.74) is 7.57. The normalized spacial score (nSPS) is 10.3. The zero-order valence-electron chi connectivity index (χ0n) is 10.3. The molecule has 0 saturated heterocycles. The van der Waals surface area contributed by atoms with E-state index in [1.165, 1.54) is 0 Å². The van der Waals surface area contributed by atoms with Gasteiger partial charge in [-0.1, -0.05) is 18.2 Å². The number of methoxy groups -OCH3 is 1. The van der Waals surface area contributed by atoms with Crippen molar-refractivity contribution in [2.75, 3.05) is 26.1 Å². The number of aromatic nitrogens is 1. The Hall–Kier alpha value is -2.07. The molecule has 1 heterocycles. The molecule has 1 aromatic heterocycles. The fourth-order valence-corrected chi connectivity index (χ4v) is 1.63. The van der Waals surface area contributed by atoms with Crippen LogP contribution in [0.2, 0.25) is 0 Å². The molecule has 0 atom stereocenters. The van der Waals surface area contributed by atoms with E-state index in [1.54, 1.807) is 19.4 Å². The lowest BCUT2D eigenvalue weighted by Gasteiger charge is -2.11. The Kier molecular flexibility index (Phi) is 4.15. The van der Waals surface area contributed by atoms with Crippen LogP contribution in [0.5, 0.6) is 5.75 Å². The third kappa shape index (κ3) is 2.99. The summed E-state index contributed by atoms with van der Waals surface area (Å²) in [6, 6.07) is 11.5. The summed E-state index contributed by atoms with van der Waals surface area (Å²) in [5, 5.41) is 0. The van der Waals surface area contributed by atoms with E-state index < -0.39 is 0 Å². The van der Waals surface area contributed by atoms with Crippen molar-refractivity contribution < 1.29 is 9.47 Å². The topological polar surface area (TPSA) is 57.4 Å². The highest BCUT2D eigenvalue weighted by Crippen LogP contribution is 2.29. The molecule has 0 aliphatic carbocycles. The second-order valence-electron chi connectivity index (χ2n) is 3.81. The van der Waals surface area contributed by atoms with Gasteiger partial charge < -0.3 is 15.2 Å². The van der Waals surface area contributed by atoms with Gasteiger partial charge in [0.25, 0.3) is 0 Å². The van der Waals surface area contributed by atoms with E-state index in [9.17, 15) is 0 Å². The van der Waals surface area contributed by atoms with Crippen molar-refractivity contribution in [3.05, 3.63) is 42.6 Å². The fourth-order valence-electron chi connectivity index (χ4n) is 1.63. The van der Waals surface area contributed by atoms with E-state index in [0.29, 0.717) is 19.0 Å². The van der Waals surface area contributed by atoms with Crippen LogP contribution in [0.3, 0.4) is 0 Å². The predicted molar refractivity (Wildman–Crippen MR) is 71.5 cm³/mol. The van der Waals surface area contributed by atoms with Crippen LogP contribution in [0.15, 0.2) is 42.6 Å². The van der Waals surface area contributed by atoms with Crippen molar-refractivity contribution in [3.63, 3.8) is 0 Å². The van der Waals surface area contributed by atoms with Crippen molar-refractivity contribution in [1.82, 2.24) is 4.98 Å². The van der Waals surface area contributed by atoms with Crippen LogP contribution in [0.1, 0.15) is 0 Å². The lowest BCUT2D eigenvalue weighted by atomic mass is 10.1. The van der Waals surface area contributed by atoms with E-state index >= 15 is 0 Å². The molecule has 0 radical (unpaired) electrons. The van der Waals surface area contributed by atoms with Crippen molar-refractivity contribution in [2.24, 2.45) is 0 Å². The van der Waals surface area contributed by atoms with Crippen LogP contribution in [-0.4, -0.2) is 25.3 Å². The van der Waals surface area contributed by atoms with Gasteiger partial charge in [-0.25, -0.2) is 4.98 Å². The van der Waals surface area contributed by atoms with E-state index in [0.717, 1.165) is 16.9 Å². The maximum Gasteiger partial charge on any atom is 0.127 e. The van der Waals surface area contributed by atoms with E-state index in [-0.39, 0.29) is 0 Å². The van der Waals surface area contributed by atoms with Gasteiger partial charge >= 0.3 is 0 Å². The monoisotopic (exact) mass is 244 g/mol. The Labute approximate surface area is 106 Å². The third-order valence-corrected chi connectivity index (χ3v) is 2.53. The number of nitrogens with two attached hydrogens (primary N) is 1. The summed E-state index contributed by atoms with van der Waals surface area (Å²) in [6.45, 7) is 1.09. The van der Waals surface area contributed by atoms with Crippen LogP contribution in [-0.2, 0) is 4.74 Å². The van der Waals surface area contributed by atoms with Gasteiger partial charge in [0.1, 0.15) is 18.2 Å². The molecule has 0 aliphatic heterocycles. The number of hydrogen-bond donors (Lipinski definition) is 1. The second kappa shape index (κ2) is 6.02. The summed E-state index contributed by atoms with van der Waals surface area (Å²) in [7, 11) is 1.65. The van der Waals surface area contributed by atoms with Gasteiger partial charge in [-0.3, -0.25) is 0 Å². The van der Waals surface area contributed by atoms with Gasteiger partial charge in [0.2, 0.25) is 0 Å². The minimum absolute atomic E-state index is 0.511. The Morgan fingerprint density at radius 1 is 1.11 bits per heavy atom. The molecule has 1 aromatic carbocycles. The molecule has 4 nitrogen and oxygen atoms in total. The number of anilines is 1. The van der Waals surface area contributed by atoms with Gasteiger partial charge in [-0.2, -0.15) is 0 Å². The highest BCUT2D eigenvalue weighted by atomic mass is 16.5. The zero-order chi connectivity index (χ0) is 12.8. The van der Waals surface area contributed by atoms with Crippen LogP contribution >= 0.6 is 0 Å². The number of ether oxygens (including phenoxy) is 2. The first-order chi connectivity index (χ1) is 8.81. The van der Waals surface area contributed by atoms with Gasteiger partial charge in [0.05, 0.1) is 6.61 Å². The van der Waals surface area contributed by atoms with Gasteiger partial charge in [-0.05, 0) is 18.2 Å². The number of para-hydroxylation sites is 1. The molecule has 0 bridgehead atoms. The lowest BCUT2D eigenvalue weighted by molar-refractivity contribution is 0.146. The average Bonchev–Trinajstić information content (AvgIpc) is 2.41. The highest BCUT2D eigenvalue weighted by molar-refractivity contribution is 5.70. The quantitative estimate of drug-likeness (QED) is 0.820. The maximum absolute atomic E-state index is 5.68. The van der Waals surface area contributed by atoms with Gasteiger partial charge in [-0.15, -0.1) is 0 Å². The van der Waals surface area contributed by atoms with Crippen LogP contribution < -0.4 is 10.5 Å². The van der Waals surface area contributed by atoms with Crippen LogP contribution in [0, 0.1) is 0 Å². The molecule has 0 amide bonds. The molecule has 18 heavy (non-hydrogen) atoms. The first-order valence-corrected chi connectivity index (χ1v) is 5.74. The molecule has 0 spiro atoms. The summed E-state index contributed by atoms with van der Waals surface area (Å²) >= 11 is 0. The molecular weight excluding hydrogens is 228 g/mol. The minimum atomic E-state index is 0.511. The van der Waals surface area contributed by atoms with Crippen molar-refractivity contribution in [1.29, 1.82) is 0 Å². The summed E-state index contributed by atoms with van der Waals surface area (Å²) in [6.07, 6.45) is 1.74.